The highest BCUT2D eigenvalue weighted by Crippen LogP contribution is 2.40. The zero-order chi connectivity index (χ0) is 15.0. The van der Waals surface area contributed by atoms with E-state index in [0.29, 0.717) is 5.69 Å². The van der Waals surface area contributed by atoms with Gasteiger partial charge in [-0.2, -0.15) is 0 Å². The van der Waals surface area contributed by atoms with Crippen molar-refractivity contribution in [3.63, 3.8) is 0 Å². The van der Waals surface area contributed by atoms with Crippen molar-refractivity contribution in [2.45, 2.75) is 52.4 Å². The summed E-state index contributed by atoms with van der Waals surface area (Å²) in [6.45, 7) is 12.7. The third kappa shape index (κ3) is 3.39. The molecule has 0 radical (unpaired) electrons. The van der Waals surface area contributed by atoms with E-state index < -0.39 is 0 Å². The van der Waals surface area contributed by atoms with Gasteiger partial charge in [-0.15, -0.1) is 0 Å². The molecule has 0 fully saturated rings. The molecule has 0 aliphatic heterocycles. The number of nitrogens with one attached hydrogen (secondary N) is 1. The lowest BCUT2D eigenvalue weighted by molar-refractivity contribution is 0.442. The summed E-state index contributed by atoms with van der Waals surface area (Å²) in [4.78, 5) is 0. The van der Waals surface area contributed by atoms with Crippen molar-refractivity contribution in [1.29, 1.82) is 0 Å². The third-order valence-corrected chi connectivity index (χ3v) is 3.26. The monoisotopic (exact) mass is 265 g/mol. The van der Waals surface area contributed by atoms with Gasteiger partial charge in [0.2, 0.25) is 0 Å². The maximum Gasteiger partial charge on any atom is 0.145 e. The number of phenols is 1. The summed E-state index contributed by atoms with van der Waals surface area (Å²) in [6.07, 6.45) is 0. The number of hydrazine groups is 2. The Kier molecular flexibility index (Phi) is 4.17. The highest BCUT2D eigenvalue weighted by atomic mass is 16.3. The molecule has 4 heteroatoms. The Morgan fingerprint density at radius 1 is 1.05 bits per heavy atom. The summed E-state index contributed by atoms with van der Waals surface area (Å²) in [7, 11) is 1.72. The Bertz CT molecular complexity index is 456. The van der Waals surface area contributed by atoms with E-state index in [1.165, 1.54) is 5.12 Å². The van der Waals surface area contributed by atoms with Crippen LogP contribution in [0.2, 0.25) is 0 Å². The van der Waals surface area contributed by atoms with Crippen LogP contribution >= 0.6 is 0 Å². The molecule has 1 aromatic carbocycles. The fourth-order valence-electron chi connectivity index (χ4n) is 1.93. The summed E-state index contributed by atoms with van der Waals surface area (Å²) in [5, 5.41) is 11.8. The van der Waals surface area contributed by atoms with Crippen molar-refractivity contribution in [2.24, 2.45) is 5.84 Å². The number of anilines is 1. The Labute approximate surface area is 116 Å². The van der Waals surface area contributed by atoms with Crippen LogP contribution in [-0.4, -0.2) is 12.2 Å². The molecule has 0 aromatic heterocycles. The predicted octanol–water partition coefficient (Wildman–Crippen LogP) is 2.80. The molecule has 0 aliphatic rings. The lowest BCUT2D eigenvalue weighted by Gasteiger charge is -2.29. The van der Waals surface area contributed by atoms with Gasteiger partial charge in [-0.05, 0) is 22.5 Å². The van der Waals surface area contributed by atoms with Gasteiger partial charge in [0, 0.05) is 12.6 Å². The fourth-order valence-corrected chi connectivity index (χ4v) is 1.93. The summed E-state index contributed by atoms with van der Waals surface area (Å²) in [5.41, 5.74) is 5.33. The normalized spacial score (nSPS) is 12.6. The molecular weight excluding hydrogens is 238 g/mol. The lowest BCUT2D eigenvalue weighted by Crippen LogP contribution is -2.41. The van der Waals surface area contributed by atoms with E-state index in [0.717, 1.165) is 11.1 Å². The Balaban J connectivity index is 3.57. The average Bonchev–Trinajstić information content (AvgIpc) is 2.25. The van der Waals surface area contributed by atoms with Gasteiger partial charge in [0.15, 0.2) is 0 Å². The minimum Gasteiger partial charge on any atom is -0.505 e. The van der Waals surface area contributed by atoms with Crippen LogP contribution in [0.25, 0.3) is 0 Å². The van der Waals surface area contributed by atoms with E-state index in [2.05, 4.69) is 53.0 Å². The van der Waals surface area contributed by atoms with E-state index >= 15 is 0 Å². The van der Waals surface area contributed by atoms with Crippen molar-refractivity contribution in [3.8, 4) is 5.75 Å². The smallest absolute Gasteiger partial charge is 0.145 e. The van der Waals surface area contributed by atoms with Crippen molar-refractivity contribution in [3.05, 3.63) is 23.3 Å². The molecule has 0 aliphatic carbocycles. The second kappa shape index (κ2) is 5.02. The number of hydrogen-bond acceptors (Lipinski definition) is 4. The second-order valence-electron chi connectivity index (χ2n) is 6.99. The molecule has 0 atom stereocenters. The first kappa shape index (κ1) is 15.8. The maximum atomic E-state index is 10.5. The minimum absolute atomic E-state index is 0.00295. The predicted molar refractivity (Wildman–Crippen MR) is 81.2 cm³/mol. The number of rotatable bonds is 2. The summed E-state index contributed by atoms with van der Waals surface area (Å²) in [5.74, 6) is 6.12. The number of aromatic hydroxyl groups is 1. The van der Waals surface area contributed by atoms with E-state index in [4.69, 9.17) is 5.84 Å². The first-order valence-electron chi connectivity index (χ1n) is 6.58. The number of nitrogens with two attached hydrogens (primary N) is 1. The molecule has 108 valence electrons. The van der Waals surface area contributed by atoms with Gasteiger partial charge in [0.1, 0.15) is 11.4 Å². The van der Waals surface area contributed by atoms with Crippen LogP contribution in [0.5, 0.6) is 5.75 Å². The number of phenolic OH excluding ortho intramolecular Hbond substituents is 1. The zero-order valence-electron chi connectivity index (χ0n) is 13.1. The van der Waals surface area contributed by atoms with Crippen LogP contribution in [0, 0.1) is 0 Å². The minimum atomic E-state index is -0.144. The number of hydrogen-bond donors (Lipinski definition) is 3. The van der Waals surface area contributed by atoms with Crippen molar-refractivity contribution in [1.82, 2.24) is 5.43 Å². The topological polar surface area (TPSA) is 61.5 Å². The largest absolute Gasteiger partial charge is 0.505 e. The standard InChI is InChI=1S/C15H27N3O/c1-14(2,3)10-8-11(15(4,5)6)13(19)12(9-10)18(16)17-7/h8-9,17,19H,16H2,1-7H3. The lowest BCUT2D eigenvalue weighted by atomic mass is 9.79. The van der Waals surface area contributed by atoms with Crippen LogP contribution in [0.3, 0.4) is 0 Å². The zero-order valence-corrected chi connectivity index (χ0v) is 13.1. The van der Waals surface area contributed by atoms with Crippen molar-refractivity contribution < 1.29 is 5.11 Å². The molecule has 0 bridgehead atoms. The maximum absolute atomic E-state index is 10.5. The third-order valence-electron chi connectivity index (χ3n) is 3.26. The van der Waals surface area contributed by atoms with Crippen molar-refractivity contribution in [2.75, 3.05) is 12.2 Å². The quantitative estimate of drug-likeness (QED) is 0.568. The molecule has 1 rings (SSSR count). The summed E-state index contributed by atoms with van der Waals surface area (Å²) >= 11 is 0. The van der Waals surface area contributed by atoms with Gasteiger partial charge >= 0.3 is 0 Å². The second-order valence-corrected chi connectivity index (χ2v) is 6.99. The molecule has 4 N–H and O–H groups in total. The van der Waals surface area contributed by atoms with Gasteiger partial charge in [-0.25, -0.2) is 16.4 Å². The molecule has 4 nitrogen and oxygen atoms in total. The van der Waals surface area contributed by atoms with Crippen LogP contribution in [0.15, 0.2) is 12.1 Å². The molecule has 0 amide bonds. The first-order chi connectivity index (χ1) is 8.48. The fraction of sp³-hybridized carbons (Fsp3) is 0.600. The molecule has 1 aromatic rings. The molecule has 0 saturated carbocycles. The van der Waals surface area contributed by atoms with Gasteiger partial charge in [-0.1, -0.05) is 47.6 Å². The van der Waals surface area contributed by atoms with E-state index in [1.807, 2.05) is 6.07 Å². The van der Waals surface area contributed by atoms with Crippen LogP contribution < -0.4 is 16.4 Å². The Morgan fingerprint density at radius 2 is 1.58 bits per heavy atom. The van der Waals surface area contributed by atoms with Gasteiger partial charge in [0.25, 0.3) is 0 Å². The van der Waals surface area contributed by atoms with Gasteiger partial charge < -0.3 is 5.11 Å². The molecular formula is C15H27N3O. The molecule has 19 heavy (non-hydrogen) atoms. The highest BCUT2D eigenvalue weighted by molar-refractivity contribution is 5.64. The van der Waals surface area contributed by atoms with E-state index in [9.17, 15) is 5.11 Å². The highest BCUT2D eigenvalue weighted by Gasteiger charge is 2.26. The van der Waals surface area contributed by atoms with E-state index in [-0.39, 0.29) is 16.6 Å². The van der Waals surface area contributed by atoms with Crippen LogP contribution in [0.4, 0.5) is 5.69 Å². The van der Waals surface area contributed by atoms with Gasteiger partial charge in [0.05, 0.1) is 0 Å². The summed E-state index contributed by atoms with van der Waals surface area (Å²) in [6, 6.07) is 4.00. The average molecular weight is 265 g/mol. The molecule has 0 unspecified atom stereocenters. The van der Waals surface area contributed by atoms with Crippen LogP contribution in [0.1, 0.15) is 52.7 Å². The van der Waals surface area contributed by atoms with Crippen molar-refractivity contribution >= 4 is 5.69 Å². The van der Waals surface area contributed by atoms with Crippen LogP contribution in [-0.2, 0) is 10.8 Å². The number of nitrogens with zero attached hydrogens (tertiary/aromatic N) is 1. The molecule has 0 spiro atoms. The van der Waals surface area contributed by atoms with E-state index in [1.54, 1.807) is 7.05 Å². The summed E-state index contributed by atoms with van der Waals surface area (Å²) < 4.78 is 0. The molecule has 0 heterocycles. The SMILES string of the molecule is CNN(N)c1cc(C(C)(C)C)cc(C(C)(C)C)c1O. The number of benzene rings is 1. The van der Waals surface area contributed by atoms with Gasteiger partial charge in [-0.3, -0.25) is 0 Å². The Hall–Kier alpha value is -1.26. The Morgan fingerprint density at radius 3 is 1.95 bits per heavy atom. The molecule has 0 saturated heterocycles. The first-order valence-corrected chi connectivity index (χ1v) is 6.58.